The van der Waals surface area contributed by atoms with E-state index in [9.17, 15) is 5.11 Å². The Morgan fingerprint density at radius 3 is 2.55 bits per heavy atom. The van der Waals surface area contributed by atoms with Crippen molar-refractivity contribution >= 4 is 0 Å². The van der Waals surface area contributed by atoms with Gasteiger partial charge in [-0.15, -0.1) is 0 Å². The second-order valence-electron chi connectivity index (χ2n) is 3.64. The average molecular weight is 157 g/mol. The van der Waals surface area contributed by atoms with E-state index in [2.05, 4.69) is 5.32 Å². The highest BCUT2D eigenvalue weighted by Crippen LogP contribution is 2.35. The van der Waals surface area contributed by atoms with Gasteiger partial charge in [0, 0.05) is 0 Å². The summed E-state index contributed by atoms with van der Waals surface area (Å²) >= 11 is 0. The van der Waals surface area contributed by atoms with Gasteiger partial charge in [-0.1, -0.05) is 0 Å². The van der Waals surface area contributed by atoms with Crippen molar-refractivity contribution in [2.75, 3.05) is 13.6 Å². The van der Waals surface area contributed by atoms with Gasteiger partial charge >= 0.3 is 0 Å². The third-order valence-corrected chi connectivity index (χ3v) is 2.60. The predicted octanol–water partition coefficient (Wildman–Crippen LogP) is 1.29. The Morgan fingerprint density at radius 2 is 2.09 bits per heavy atom. The summed E-state index contributed by atoms with van der Waals surface area (Å²) < 4.78 is 0. The maximum atomic E-state index is 9.69. The molecule has 1 saturated carbocycles. The summed E-state index contributed by atoms with van der Waals surface area (Å²) in [6, 6.07) is 0. The van der Waals surface area contributed by atoms with Gasteiger partial charge in [0.25, 0.3) is 0 Å². The molecule has 0 unspecified atom stereocenters. The van der Waals surface area contributed by atoms with Crippen molar-refractivity contribution in [3.8, 4) is 0 Å². The molecule has 1 rings (SSSR count). The first-order valence-electron chi connectivity index (χ1n) is 4.64. The minimum absolute atomic E-state index is 0.256. The monoisotopic (exact) mass is 157 g/mol. The van der Waals surface area contributed by atoms with E-state index < -0.39 is 0 Å². The van der Waals surface area contributed by atoms with Gasteiger partial charge in [-0.05, 0) is 52.1 Å². The Balaban J connectivity index is 1.94. The number of nitrogens with one attached hydrogen (secondary N) is 1. The van der Waals surface area contributed by atoms with Crippen LogP contribution in [0.15, 0.2) is 0 Å². The van der Waals surface area contributed by atoms with Crippen LogP contribution in [0.1, 0.15) is 38.5 Å². The Kier molecular flexibility index (Phi) is 3.34. The summed E-state index contributed by atoms with van der Waals surface area (Å²) in [5.41, 5.74) is -0.256. The van der Waals surface area contributed by atoms with Crippen LogP contribution in [0.25, 0.3) is 0 Å². The molecule has 11 heavy (non-hydrogen) atoms. The van der Waals surface area contributed by atoms with E-state index in [1.54, 1.807) is 0 Å². The molecule has 0 heterocycles. The summed E-state index contributed by atoms with van der Waals surface area (Å²) in [7, 11) is 1.97. The Hall–Kier alpha value is -0.0800. The lowest BCUT2D eigenvalue weighted by Crippen LogP contribution is -2.36. The molecule has 0 atom stereocenters. The van der Waals surface area contributed by atoms with Crippen molar-refractivity contribution in [2.45, 2.75) is 44.1 Å². The molecule has 2 N–H and O–H groups in total. The van der Waals surface area contributed by atoms with Crippen LogP contribution in [-0.2, 0) is 0 Å². The van der Waals surface area contributed by atoms with E-state index in [0.29, 0.717) is 0 Å². The third-order valence-electron chi connectivity index (χ3n) is 2.60. The van der Waals surface area contributed by atoms with Gasteiger partial charge in [0.15, 0.2) is 0 Å². The van der Waals surface area contributed by atoms with Crippen molar-refractivity contribution in [3.63, 3.8) is 0 Å². The highest BCUT2D eigenvalue weighted by molar-refractivity contribution is 4.86. The smallest absolute Gasteiger partial charge is 0.0647 e. The van der Waals surface area contributed by atoms with E-state index in [1.165, 1.54) is 12.8 Å². The standard InChI is InChI=1S/C9H19NO/c1-10-8-3-2-5-9(11)6-4-7-9/h10-11H,2-8H2,1H3. The van der Waals surface area contributed by atoms with Gasteiger partial charge in [0.1, 0.15) is 0 Å². The SMILES string of the molecule is CNCCCCC1(O)CCC1. The molecule has 0 bridgehead atoms. The van der Waals surface area contributed by atoms with E-state index in [1.807, 2.05) is 7.05 Å². The molecule has 2 heteroatoms. The molecule has 0 aromatic rings. The Morgan fingerprint density at radius 1 is 1.36 bits per heavy atom. The fourth-order valence-corrected chi connectivity index (χ4v) is 1.59. The number of rotatable bonds is 5. The maximum Gasteiger partial charge on any atom is 0.0647 e. The van der Waals surface area contributed by atoms with Crippen LogP contribution in [-0.4, -0.2) is 24.3 Å². The molecular formula is C9H19NO. The van der Waals surface area contributed by atoms with Crippen molar-refractivity contribution in [1.82, 2.24) is 5.32 Å². The van der Waals surface area contributed by atoms with Crippen molar-refractivity contribution in [1.29, 1.82) is 0 Å². The fourth-order valence-electron chi connectivity index (χ4n) is 1.59. The van der Waals surface area contributed by atoms with Crippen molar-refractivity contribution < 1.29 is 5.11 Å². The van der Waals surface area contributed by atoms with Gasteiger partial charge in [0.05, 0.1) is 5.60 Å². The topological polar surface area (TPSA) is 32.3 Å². The molecule has 1 aliphatic rings. The number of hydrogen-bond donors (Lipinski definition) is 2. The molecule has 0 spiro atoms. The van der Waals surface area contributed by atoms with Gasteiger partial charge in [-0.25, -0.2) is 0 Å². The van der Waals surface area contributed by atoms with E-state index >= 15 is 0 Å². The summed E-state index contributed by atoms with van der Waals surface area (Å²) in [4.78, 5) is 0. The van der Waals surface area contributed by atoms with Crippen molar-refractivity contribution in [2.24, 2.45) is 0 Å². The van der Waals surface area contributed by atoms with Crippen LogP contribution in [0.3, 0.4) is 0 Å². The van der Waals surface area contributed by atoms with Gasteiger partial charge in [0.2, 0.25) is 0 Å². The minimum atomic E-state index is -0.256. The summed E-state index contributed by atoms with van der Waals surface area (Å²) in [6.07, 6.45) is 6.66. The molecular weight excluding hydrogens is 138 g/mol. The zero-order valence-electron chi connectivity index (χ0n) is 7.40. The van der Waals surface area contributed by atoms with Crippen molar-refractivity contribution in [3.05, 3.63) is 0 Å². The minimum Gasteiger partial charge on any atom is -0.390 e. The summed E-state index contributed by atoms with van der Waals surface area (Å²) in [6.45, 7) is 1.08. The van der Waals surface area contributed by atoms with E-state index in [0.717, 1.165) is 32.2 Å². The molecule has 0 saturated heterocycles. The average Bonchev–Trinajstić information content (AvgIpc) is 1.95. The van der Waals surface area contributed by atoms with Gasteiger partial charge < -0.3 is 10.4 Å². The Labute approximate surface area is 69.0 Å². The van der Waals surface area contributed by atoms with E-state index in [-0.39, 0.29) is 5.60 Å². The first-order valence-corrected chi connectivity index (χ1v) is 4.64. The molecule has 1 fully saturated rings. The van der Waals surface area contributed by atoms with Crippen LogP contribution in [0, 0.1) is 0 Å². The number of hydrogen-bond acceptors (Lipinski definition) is 2. The van der Waals surface area contributed by atoms with E-state index in [4.69, 9.17) is 0 Å². The zero-order valence-corrected chi connectivity index (χ0v) is 7.40. The first kappa shape index (κ1) is 9.01. The predicted molar refractivity (Wildman–Crippen MR) is 46.6 cm³/mol. The lowest BCUT2D eigenvalue weighted by Gasteiger charge is -2.36. The molecule has 0 aromatic heterocycles. The molecule has 2 nitrogen and oxygen atoms in total. The number of unbranched alkanes of at least 4 members (excludes halogenated alkanes) is 1. The molecule has 66 valence electrons. The molecule has 0 radical (unpaired) electrons. The lowest BCUT2D eigenvalue weighted by atomic mass is 9.77. The van der Waals surface area contributed by atoms with Crippen LogP contribution < -0.4 is 5.32 Å². The zero-order chi connectivity index (χ0) is 8.16. The Bertz CT molecular complexity index is 110. The molecule has 0 aromatic carbocycles. The fraction of sp³-hybridized carbons (Fsp3) is 1.00. The highest BCUT2D eigenvalue weighted by Gasteiger charge is 2.33. The lowest BCUT2D eigenvalue weighted by molar-refractivity contribution is -0.0418. The molecule has 0 amide bonds. The van der Waals surface area contributed by atoms with Gasteiger partial charge in [-0.3, -0.25) is 0 Å². The largest absolute Gasteiger partial charge is 0.390 e. The normalized spacial score (nSPS) is 21.3. The summed E-state index contributed by atoms with van der Waals surface area (Å²) in [5, 5.41) is 12.8. The quantitative estimate of drug-likeness (QED) is 0.589. The maximum absolute atomic E-state index is 9.69. The van der Waals surface area contributed by atoms with Crippen LogP contribution in [0.2, 0.25) is 0 Å². The van der Waals surface area contributed by atoms with Gasteiger partial charge in [-0.2, -0.15) is 0 Å². The molecule has 1 aliphatic carbocycles. The van der Waals surface area contributed by atoms with Crippen LogP contribution >= 0.6 is 0 Å². The first-order chi connectivity index (χ1) is 5.27. The third kappa shape index (κ3) is 2.80. The second kappa shape index (κ2) is 4.07. The van der Waals surface area contributed by atoms with Crippen LogP contribution in [0.4, 0.5) is 0 Å². The second-order valence-corrected chi connectivity index (χ2v) is 3.64. The summed E-state index contributed by atoms with van der Waals surface area (Å²) in [5.74, 6) is 0. The van der Waals surface area contributed by atoms with Crippen LogP contribution in [0.5, 0.6) is 0 Å². The highest BCUT2D eigenvalue weighted by atomic mass is 16.3. The number of aliphatic hydroxyl groups is 1. The molecule has 0 aliphatic heterocycles.